The highest BCUT2D eigenvalue weighted by molar-refractivity contribution is 5.94. The van der Waals surface area contributed by atoms with E-state index in [0.29, 0.717) is 16.2 Å². The maximum absolute atomic E-state index is 12.6. The number of nitrogens with one attached hydrogen (secondary N) is 1. The Labute approximate surface area is 115 Å². The van der Waals surface area contributed by atoms with E-state index < -0.39 is 6.55 Å². The van der Waals surface area contributed by atoms with Gasteiger partial charge in [-0.3, -0.25) is 0 Å². The first kappa shape index (κ1) is 12.8. The largest absolute Gasteiger partial charge is 0.358 e. The number of halogens is 2. The Morgan fingerprint density at radius 3 is 2.70 bits per heavy atom. The molecule has 2 aromatic heterocycles. The molecule has 0 aliphatic carbocycles. The third kappa shape index (κ3) is 2.09. The third-order valence-corrected chi connectivity index (χ3v) is 3.41. The number of hydrogen-bond acceptors (Lipinski definition) is 1. The summed E-state index contributed by atoms with van der Waals surface area (Å²) < 4.78 is 25.9. The molecule has 0 atom stereocenters. The van der Waals surface area contributed by atoms with Gasteiger partial charge in [-0.25, -0.2) is 4.68 Å². The minimum absolute atomic E-state index is 0.388. The van der Waals surface area contributed by atoms with Crippen LogP contribution < -0.4 is 0 Å². The number of alkyl halides is 2. The molecule has 0 saturated heterocycles. The lowest BCUT2D eigenvalue weighted by atomic mass is 10.1. The highest BCUT2D eigenvalue weighted by atomic mass is 19.3. The molecule has 0 unspecified atom stereocenters. The molecule has 0 aliphatic rings. The maximum atomic E-state index is 12.6. The lowest BCUT2D eigenvalue weighted by Crippen LogP contribution is -1.96. The van der Waals surface area contributed by atoms with Gasteiger partial charge in [0, 0.05) is 28.4 Å². The molecule has 0 aliphatic heterocycles. The summed E-state index contributed by atoms with van der Waals surface area (Å²) in [5, 5.41) is 4.77. The number of aromatic nitrogens is 3. The van der Waals surface area contributed by atoms with E-state index in [1.165, 1.54) is 12.4 Å². The summed E-state index contributed by atoms with van der Waals surface area (Å²) >= 11 is 0. The smallest absolute Gasteiger partial charge is 0.333 e. The zero-order valence-electron chi connectivity index (χ0n) is 11.3. The minimum Gasteiger partial charge on any atom is -0.358 e. The van der Waals surface area contributed by atoms with Crippen LogP contribution in [0.3, 0.4) is 0 Å². The average Bonchev–Trinajstić information content (AvgIpc) is 3.05. The van der Waals surface area contributed by atoms with Crippen molar-refractivity contribution in [2.45, 2.75) is 26.3 Å². The van der Waals surface area contributed by atoms with Crippen LogP contribution in [0.4, 0.5) is 8.78 Å². The van der Waals surface area contributed by atoms with E-state index in [-0.39, 0.29) is 0 Å². The molecule has 1 aromatic carbocycles. The zero-order valence-corrected chi connectivity index (χ0v) is 11.3. The molecular weight excluding hydrogens is 260 g/mol. The Hall–Kier alpha value is -2.17. The van der Waals surface area contributed by atoms with Crippen LogP contribution in [0.5, 0.6) is 0 Å². The number of hydrogen-bond donors (Lipinski definition) is 1. The number of rotatable bonds is 3. The monoisotopic (exact) mass is 275 g/mol. The SMILES string of the molecule is CC(C)c1cc2cccc(-c3cnn(C(F)F)c3)c2[nH]1. The van der Waals surface area contributed by atoms with Crippen LogP contribution in [0, 0.1) is 0 Å². The molecule has 20 heavy (non-hydrogen) atoms. The predicted molar refractivity (Wildman–Crippen MR) is 74.9 cm³/mol. The fraction of sp³-hybridized carbons (Fsp3) is 0.267. The second-order valence-electron chi connectivity index (χ2n) is 5.14. The molecule has 0 fully saturated rings. The van der Waals surface area contributed by atoms with Crippen LogP contribution in [-0.4, -0.2) is 14.8 Å². The fourth-order valence-electron chi connectivity index (χ4n) is 2.31. The number of H-pyrrole nitrogens is 1. The quantitative estimate of drug-likeness (QED) is 0.747. The normalized spacial score (nSPS) is 11.9. The second kappa shape index (κ2) is 4.74. The van der Waals surface area contributed by atoms with Crippen LogP contribution in [0.15, 0.2) is 36.7 Å². The Kier molecular flexibility index (Phi) is 3.04. The zero-order chi connectivity index (χ0) is 14.3. The molecule has 0 spiro atoms. The van der Waals surface area contributed by atoms with Gasteiger partial charge in [0.25, 0.3) is 0 Å². The van der Waals surface area contributed by atoms with Gasteiger partial charge >= 0.3 is 6.55 Å². The van der Waals surface area contributed by atoms with Gasteiger partial charge in [-0.05, 0) is 12.0 Å². The van der Waals surface area contributed by atoms with Crippen LogP contribution >= 0.6 is 0 Å². The Morgan fingerprint density at radius 2 is 2.05 bits per heavy atom. The van der Waals surface area contributed by atoms with Crippen molar-refractivity contribution in [3.63, 3.8) is 0 Å². The van der Waals surface area contributed by atoms with E-state index >= 15 is 0 Å². The van der Waals surface area contributed by atoms with E-state index in [1.807, 2.05) is 18.2 Å². The van der Waals surface area contributed by atoms with Crippen LogP contribution in [0.1, 0.15) is 32.0 Å². The van der Waals surface area contributed by atoms with Crippen molar-refractivity contribution in [1.82, 2.24) is 14.8 Å². The first-order chi connectivity index (χ1) is 9.56. The molecule has 3 aromatic rings. The van der Waals surface area contributed by atoms with Gasteiger partial charge < -0.3 is 4.98 Å². The van der Waals surface area contributed by atoms with E-state index in [9.17, 15) is 8.78 Å². The molecular formula is C15H15F2N3. The topological polar surface area (TPSA) is 33.6 Å². The van der Waals surface area contributed by atoms with Crippen molar-refractivity contribution < 1.29 is 8.78 Å². The van der Waals surface area contributed by atoms with Crippen molar-refractivity contribution in [3.8, 4) is 11.1 Å². The van der Waals surface area contributed by atoms with Gasteiger partial charge in [-0.15, -0.1) is 0 Å². The predicted octanol–water partition coefficient (Wildman–Crippen LogP) is 4.55. The molecule has 104 valence electrons. The van der Waals surface area contributed by atoms with Crippen molar-refractivity contribution in [2.24, 2.45) is 0 Å². The highest BCUT2D eigenvalue weighted by Gasteiger charge is 2.13. The first-order valence-electron chi connectivity index (χ1n) is 6.50. The second-order valence-corrected chi connectivity index (χ2v) is 5.14. The van der Waals surface area contributed by atoms with Gasteiger partial charge in [-0.1, -0.05) is 32.0 Å². The molecule has 0 amide bonds. The number of fused-ring (bicyclic) bond motifs is 1. The summed E-state index contributed by atoms with van der Waals surface area (Å²) in [6.07, 6.45) is 2.84. The lowest BCUT2D eigenvalue weighted by Gasteiger charge is -2.01. The third-order valence-electron chi connectivity index (χ3n) is 3.41. The fourth-order valence-corrected chi connectivity index (χ4v) is 2.31. The maximum Gasteiger partial charge on any atom is 0.333 e. The summed E-state index contributed by atoms with van der Waals surface area (Å²) in [4.78, 5) is 3.38. The van der Waals surface area contributed by atoms with Crippen LogP contribution in [-0.2, 0) is 0 Å². The van der Waals surface area contributed by atoms with E-state index in [4.69, 9.17) is 0 Å². The summed E-state index contributed by atoms with van der Waals surface area (Å²) in [7, 11) is 0. The van der Waals surface area contributed by atoms with Gasteiger partial charge in [0.15, 0.2) is 0 Å². The van der Waals surface area contributed by atoms with Crippen molar-refractivity contribution in [2.75, 3.05) is 0 Å². The van der Waals surface area contributed by atoms with Gasteiger partial charge in [0.05, 0.1) is 11.7 Å². The summed E-state index contributed by atoms with van der Waals surface area (Å²) in [6, 6.07) is 7.95. The Balaban J connectivity index is 2.14. The number of benzene rings is 1. The van der Waals surface area contributed by atoms with Crippen molar-refractivity contribution in [3.05, 3.63) is 42.4 Å². The first-order valence-corrected chi connectivity index (χ1v) is 6.50. The van der Waals surface area contributed by atoms with Gasteiger partial charge in [0.2, 0.25) is 0 Å². The van der Waals surface area contributed by atoms with E-state index in [0.717, 1.165) is 22.2 Å². The number of nitrogens with zero attached hydrogens (tertiary/aromatic N) is 2. The Bertz CT molecular complexity index is 740. The number of para-hydroxylation sites is 1. The van der Waals surface area contributed by atoms with Crippen LogP contribution in [0.2, 0.25) is 0 Å². The molecule has 3 rings (SSSR count). The molecule has 2 heterocycles. The van der Waals surface area contributed by atoms with E-state index in [1.54, 1.807) is 0 Å². The van der Waals surface area contributed by atoms with Gasteiger partial charge in [0.1, 0.15) is 0 Å². The number of aromatic amines is 1. The lowest BCUT2D eigenvalue weighted by molar-refractivity contribution is 0.0566. The van der Waals surface area contributed by atoms with Gasteiger partial charge in [-0.2, -0.15) is 13.9 Å². The molecule has 0 radical (unpaired) electrons. The van der Waals surface area contributed by atoms with Crippen molar-refractivity contribution >= 4 is 10.9 Å². The summed E-state index contributed by atoms with van der Waals surface area (Å²) in [5.41, 5.74) is 3.67. The molecule has 0 bridgehead atoms. The Morgan fingerprint density at radius 1 is 1.25 bits per heavy atom. The standard InChI is InChI=1S/C15H15F2N3/c1-9(2)13-6-10-4-3-5-12(14(10)19-13)11-7-18-20(8-11)15(16)17/h3-9,15,19H,1-2H3. The molecule has 5 heteroatoms. The average molecular weight is 275 g/mol. The van der Waals surface area contributed by atoms with Crippen LogP contribution in [0.25, 0.3) is 22.0 Å². The van der Waals surface area contributed by atoms with E-state index in [2.05, 4.69) is 30.0 Å². The molecule has 3 nitrogen and oxygen atoms in total. The summed E-state index contributed by atoms with van der Waals surface area (Å²) in [5.74, 6) is 0.388. The molecule has 0 saturated carbocycles. The highest BCUT2D eigenvalue weighted by Crippen LogP contribution is 2.30. The van der Waals surface area contributed by atoms with Crippen molar-refractivity contribution in [1.29, 1.82) is 0 Å². The summed E-state index contributed by atoms with van der Waals surface area (Å²) in [6.45, 7) is 1.61. The molecule has 1 N–H and O–H groups in total. The minimum atomic E-state index is -2.61.